The van der Waals surface area contributed by atoms with Crippen LogP contribution in [0.5, 0.6) is 5.75 Å². The van der Waals surface area contributed by atoms with E-state index in [-0.39, 0.29) is 12.0 Å². The molecule has 2 aliphatic rings. The van der Waals surface area contributed by atoms with Crippen molar-refractivity contribution in [3.63, 3.8) is 0 Å². The lowest BCUT2D eigenvalue weighted by Crippen LogP contribution is -2.25. The highest BCUT2D eigenvalue weighted by Crippen LogP contribution is 2.45. The molecule has 35 heavy (non-hydrogen) atoms. The van der Waals surface area contributed by atoms with Crippen molar-refractivity contribution in [2.24, 2.45) is 0 Å². The summed E-state index contributed by atoms with van der Waals surface area (Å²) in [5.41, 5.74) is 7.78. The number of pyridine rings is 1. The molecule has 6 rings (SSSR count). The van der Waals surface area contributed by atoms with Gasteiger partial charge in [-0.3, -0.25) is 4.98 Å². The summed E-state index contributed by atoms with van der Waals surface area (Å²) in [4.78, 5) is 13.5. The number of hydrogen-bond acceptors (Lipinski definition) is 6. The van der Waals surface area contributed by atoms with Gasteiger partial charge >= 0.3 is 0 Å². The summed E-state index contributed by atoms with van der Waals surface area (Å²) in [5.74, 6) is 1.83. The number of fused-ring (bicyclic) bond motifs is 3. The normalized spacial score (nSPS) is 17.1. The molecule has 1 aromatic carbocycles. The Morgan fingerprint density at radius 2 is 2.06 bits per heavy atom. The predicted molar refractivity (Wildman–Crippen MR) is 133 cm³/mol. The average molecular weight is 471 g/mol. The fraction of sp³-hybridized carbons (Fsp3) is 0.333. The number of nitrogens with one attached hydrogen (secondary N) is 1. The number of halogens is 1. The van der Waals surface area contributed by atoms with Gasteiger partial charge in [0.05, 0.1) is 19.5 Å². The molecule has 0 unspecified atom stereocenters. The van der Waals surface area contributed by atoms with Gasteiger partial charge in [0.1, 0.15) is 11.6 Å². The minimum absolute atomic E-state index is 0.189. The maximum atomic E-state index is 13.9. The smallest absolute Gasteiger partial charge is 0.228 e. The standard InChI is InChI=1S/C27H27FN6O/c1-15(2)23-14-30-34-26(23)32-25(17-9-18(28)13-29-12-17)33-27(34)31-19-8-7-16-10-22-20(21(16)11-19)5-4-6-24(22)35-3/h4-6,9,12-15,19H,7-8,10-11H2,1-3H3,(H,31,32,33)/t19-/m1/s1. The van der Waals surface area contributed by atoms with Gasteiger partial charge in [-0.25, -0.2) is 9.37 Å². The number of methoxy groups -OCH3 is 1. The van der Waals surface area contributed by atoms with Gasteiger partial charge in [-0.2, -0.15) is 14.6 Å². The lowest BCUT2D eigenvalue weighted by atomic mass is 9.88. The first-order valence-electron chi connectivity index (χ1n) is 12.0. The van der Waals surface area contributed by atoms with Gasteiger partial charge in [-0.15, -0.1) is 0 Å². The molecular formula is C27H27FN6O. The molecule has 1 N–H and O–H groups in total. The molecule has 3 aromatic heterocycles. The van der Waals surface area contributed by atoms with Crippen molar-refractivity contribution in [1.29, 1.82) is 0 Å². The van der Waals surface area contributed by atoms with Crippen LogP contribution < -0.4 is 10.1 Å². The summed E-state index contributed by atoms with van der Waals surface area (Å²) >= 11 is 0. The van der Waals surface area contributed by atoms with Crippen LogP contribution in [0.2, 0.25) is 0 Å². The number of rotatable bonds is 5. The Hall–Kier alpha value is -3.81. The highest BCUT2D eigenvalue weighted by atomic mass is 19.1. The number of benzene rings is 1. The Bertz CT molecular complexity index is 1470. The average Bonchev–Trinajstić information content (AvgIpc) is 3.45. The Labute approximate surface area is 203 Å². The minimum Gasteiger partial charge on any atom is -0.496 e. The Morgan fingerprint density at radius 3 is 2.86 bits per heavy atom. The van der Waals surface area contributed by atoms with E-state index in [2.05, 4.69) is 41.4 Å². The summed E-state index contributed by atoms with van der Waals surface area (Å²) in [7, 11) is 1.73. The van der Waals surface area contributed by atoms with Crippen molar-refractivity contribution in [2.45, 2.75) is 51.5 Å². The van der Waals surface area contributed by atoms with Gasteiger partial charge in [0.25, 0.3) is 0 Å². The summed E-state index contributed by atoms with van der Waals surface area (Å²) in [6.45, 7) is 4.22. The van der Waals surface area contributed by atoms with Crippen molar-refractivity contribution >= 4 is 17.2 Å². The zero-order chi connectivity index (χ0) is 24.1. The van der Waals surface area contributed by atoms with Crippen molar-refractivity contribution in [2.75, 3.05) is 12.4 Å². The summed E-state index contributed by atoms with van der Waals surface area (Å²) in [6, 6.07) is 7.90. The van der Waals surface area contributed by atoms with Crippen LogP contribution in [0.1, 0.15) is 55.7 Å². The molecule has 0 fully saturated rings. The van der Waals surface area contributed by atoms with Crippen LogP contribution in [0.25, 0.3) is 22.6 Å². The van der Waals surface area contributed by atoms with Gasteiger partial charge in [-0.1, -0.05) is 31.6 Å². The number of aromatic nitrogens is 5. The van der Waals surface area contributed by atoms with Crippen LogP contribution in [0, 0.1) is 5.82 Å². The number of ether oxygens (including phenoxy) is 1. The molecule has 0 amide bonds. The first kappa shape index (κ1) is 21.7. The molecule has 0 spiro atoms. The molecule has 0 radical (unpaired) electrons. The predicted octanol–water partition coefficient (Wildman–Crippen LogP) is 5.43. The summed E-state index contributed by atoms with van der Waals surface area (Å²) in [5, 5.41) is 8.24. The molecule has 2 aliphatic carbocycles. The minimum atomic E-state index is -0.417. The van der Waals surface area contributed by atoms with E-state index in [4.69, 9.17) is 14.7 Å². The van der Waals surface area contributed by atoms with Crippen LogP contribution in [0.4, 0.5) is 10.3 Å². The topological polar surface area (TPSA) is 77.2 Å². The van der Waals surface area contributed by atoms with Crippen molar-refractivity contribution in [3.8, 4) is 17.1 Å². The Balaban J connectivity index is 1.37. The maximum absolute atomic E-state index is 13.9. The molecule has 0 saturated carbocycles. The third kappa shape index (κ3) is 3.73. The quantitative estimate of drug-likeness (QED) is 0.419. The fourth-order valence-electron chi connectivity index (χ4n) is 5.29. The molecule has 8 heteroatoms. The van der Waals surface area contributed by atoms with E-state index >= 15 is 0 Å². The first-order valence-corrected chi connectivity index (χ1v) is 12.0. The molecule has 0 bridgehead atoms. The largest absolute Gasteiger partial charge is 0.496 e. The van der Waals surface area contributed by atoms with Crippen LogP contribution >= 0.6 is 0 Å². The van der Waals surface area contributed by atoms with Crippen molar-refractivity contribution in [1.82, 2.24) is 24.6 Å². The van der Waals surface area contributed by atoms with Gasteiger partial charge in [0.15, 0.2) is 11.5 Å². The lowest BCUT2D eigenvalue weighted by Gasteiger charge is -2.26. The van der Waals surface area contributed by atoms with E-state index in [1.807, 2.05) is 12.3 Å². The van der Waals surface area contributed by atoms with Crippen LogP contribution in [-0.2, 0) is 6.42 Å². The fourth-order valence-corrected chi connectivity index (χ4v) is 5.29. The second-order valence-electron chi connectivity index (χ2n) is 9.58. The molecule has 178 valence electrons. The van der Waals surface area contributed by atoms with E-state index in [9.17, 15) is 4.39 Å². The highest BCUT2D eigenvalue weighted by molar-refractivity contribution is 5.79. The second-order valence-corrected chi connectivity index (χ2v) is 9.58. The molecule has 1 atom stereocenters. The Kier molecular flexibility index (Phi) is 5.24. The molecular weight excluding hydrogens is 443 g/mol. The number of nitrogens with zero attached hydrogens (tertiary/aromatic N) is 5. The number of hydrogen-bond donors (Lipinski definition) is 1. The second kappa shape index (κ2) is 8.45. The zero-order valence-electron chi connectivity index (χ0n) is 20.0. The van der Waals surface area contributed by atoms with Gasteiger partial charge < -0.3 is 10.1 Å². The van der Waals surface area contributed by atoms with Crippen LogP contribution in [0.15, 0.2) is 48.4 Å². The van der Waals surface area contributed by atoms with Crippen LogP contribution in [-0.4, -0.2) is 37.7 Å². The van der Waals surface area contributed by atoms with Gasteiger partial charge in [0, 0.05) is 28.9 Å². The maximum Gasteiger partial charge on any atom is 0.228 e. The third-order valence-electron chi connectivity index (χ3n) is 7.05. The van der Waals surface area contributed by atoms with Crippen LogP contribution in [0.3, 0.4) is 0 Å². The SMILES string of the molecule is COc1cccc2c1CC1=C2C[C@H](Nc2nc(-c3cncc(F)c3)nc3c(C(C)C)cnn23)CC1. The molecule has 0 aliphatic heterocycles. The van der Waals surface area contributed by atoms with Gasteiger partial charge in [-0.05, 0) is 54.9 Å². The summed E-state index contributed by atoms with van der Waals surface area (Å²) < 4.78 is 21.3. The zero-order valence-corrected chi connectivity index (χ0v) is 20.0. The molecule has 7 nitrogen and oxygen atoms in total. The number of allylic oxidation sites excluding steroid dienone is 1. The third-order valence-corrected chi connectivity index (χ3v) is 7.05. The van der Waals surface area contributed by atoms with E-state index in [0.29, 0.717) is 17.3 Å². The monoisotopic (exact) mass is 470 g/mol. The highest BCUT2D eigenvalue weighted by Gasteiger charge is 2.30. The van der Waals surface area contributed by atoms with E-state index in [0.717, 1.165) is 42.6 Å². The molecule has 0 saturated heterocycles. The molecule has 3 heterocycles. The lowest BCUT2D eigenvalue weighted by molar-refractivity contribution is 0.410. The Morgan fingerprint density at radius 1 is 1.17 bits per heavy atom. The van der Waals surface area contributed by atoms with E-state index < -0.39 is 5.82 Å². The molecule has 4 aromatic rings. The van der Waals surface area contributed by atoms with E-state index in [1.54, 1.807) is 17.8 Å². The van der Waals surface area contributed by atoms with Gasteiger partial charge in [0.2, 0.25) is 5.95 Å². The number of anilines is 1. The van der Waals surface area contributed by atoms with Crippen molar-refractivity contribution in [3.05, 3.63) is 70.9 Å². The first-order chi connectivity index (χ1) is 17.0. The van der Waals surface area contributed by atoms with Crippen molar-refractivity contribution < 1.29 is 9.13 Å². The summed E-state index contributed by atoms with van der Waals surface area (Å²) in [6.07, 6.45) is 8.50. The van der Waals surface area contributed by atoms with E-state index in [1.165, 1.54) is 34.5 Å².